The van der Waals surface area contributed by atoms with E-state index in [1.165, 1.54) is 7.11 Å². The van der Waals surface area contributed by atoms with E-state index < -0.39 is 0 Å². The Morgan fingerprint density at radius 2 is 1.82 bits per heavy atom. The van der Waals surface area contributed by atoms with Gasteiger partial charge in [-0.15, -0.1) is 0 Å². The number of hydrogen-bond acceptors (Lipinski definition) is 4. The first-order valence-electron chi connectivity index (χ1n) is 7.28. The van der Waals surface area contributed by atoms with E-state index >= 15 is 0 Å². The Labute approximate surface area is 130 Å². The molecule has 0 bridgehead atoms. The maximum Gasteiger partial charge on any atom is 0.310 e. The van der Waals surface area contributed by atoms with Crippen LogP contribution in [-0.2, 0) is 16.0 Å². The van der Waals surface area contributed by atoms with E-state index in [1.54, 1.807) is 0 Å². The molecule has 0 radical (unpaired) electrons. The molecule has 0 aromatic heterocycles. The number of hydrogen-bond donors (Lipinski definition) is 0. The van der Waals surface area contributed by atoms with Crippen LogP contribution in [0.4, 0.5) is 0 Å². The molecule has 0 atom stereocenters. The largest absolute Gasteiger partial charge is 0.493 e. The second kappa shape index (κ2) is 8.08. The molecular formula is C18H20O4. The van der Waals surface area contributed by atoms with Crippen LogP contribution in [0.25, 0.3) is 0 Å². The highest BCUT2D eigenvalue weighted by molar-refractivity contribution is 5.73. The standard InChI is InChI=1S/C18H20O4/c1-3-11-21-17-10-9-16(12-14(17)13-18(19)20-2)22-15-7-5-4-6-8-15/h4-10,12H,3,11,13H2,1-2H3. The predicted molar refractivity (Wildman–Crippen MR) is 84.5 cm³/mol. The summed E-state index contributed by atoms with van der Waals surface area (Å²) in [6, 6.07) is 15.0. The highest BCUT2D eigenvalue weighted by Crippen LogP contribution is 2.28. The second-order valence-corrected chi connectivity index (χ2v) is 4.79. The highest BCUT2D eigenvalue weighted by Gasteiger charge is 2.11. The number of esters is 1. The van der Waals surface area contributed by atoms with E-state index in [-0.39, 0.29) is 12.4 Å². The van der Waals surface area contributed by atoms with Crippen molar-refractivity contribution in [3.8, 4) is 17.2 Å². The average molecular weight is 300 g/mol. The first kappa shape index (κ1) is 15.9. The van der Waals surface area contributed by atoms with Gasteiger partial charge in [-0.3, -0.25) is 4.79 Å². The maximum absolute atomic E-state index is 11.6. The number of methoxy groups -OCH3 is 1. The van der Waals surface area contributed by atoms with Crippen molar-refractivity contribution in [2.45, 2.75) is 19.8 Å². The van der Waals surface area contributed by atoms with Gasteiger partial charge in [-0.2, -0.15) is 0 Å². The van der Waals surface area contributed by atoms with Crippen molar-refractivity contribution < 1.29 is 19.0 Å². The zero-order chi connectivity index (χ0) is 15.8. The lowest BCUT2D eigenvalue weighted by atomic mass is 10.1. The van der Waals surface area contributed by atoms with Crippen molar-refractivity contribution in [2.75, 3.05) is 13.7 Å². The van der Waals surface area contributed by atoms with Crippen LogP contribution in [0.15, 0.2) is 48.5 Å². The molecule has 0 aliphatic rings. The van der Waals surface area contributed by atoms with Crippen molar-refractivity contribution in [2.24, 2.45) is 0 Å². The third-order valence-corrected chi connectivity index (χ3v) is 3.04. The minimum atomic E-state index is -0.307. The first-order chi connectivity index (χ1) is 10.7. The highest BCUT2D eigenvalue weighted by atomic mass is 16.5. The van der Waals surface area contributed by atoms with Gasteiger partial charge in [0.1, 0.15) is 17.2 Å². The fraction of sp³-hybridized carbons (Fsp3) is 0.278. The van der Waals surface area contributed by atoms with Crippen molar-refractivity contribution in [1.82, 2.24) is 0 Å². The number of rotatable bonds is 7. The summed E-state index contributed by atoms with van der Waals surface area (Å²) in [5.74, 6) is 1.79. The predicted octanol–water partition coefficient (Wildman–Crippen LogP) is 3.98. The van der Waals surface area contributed by atoms with Gasteiger partial charge in [0.25, 0.3) is 0 Å². The monoisotopic (exact) mass is 300 g/mol. The molecule has 2 rings (SSSR count). The average Bonchev–Trinajstić information content (AvgIpc) is 2.55. The van der Waals surface area contributed by atoms with Crippen molar-refractivity contribution in [3.05, 3.63) is 54.1 Å². The Morgan fingerprint density at radius 1 is 1.05 bits per heavy atom. The van der Waals surface area contributed by atoms with Gasteiger partial charge in [0, 0.05) is 5.56 Å². The van der Waals surface area contributed by atoms with Gasteiger partial charge in [-0.1, -0.05) is 25.1 Å². The fourth-order valence-electron chi connectivity index (χ4n) is 1.96. The lowest BCUT2D eigenvalue weighted by Crippen LogP contribution is -2.07. The molecule has 2 aromatic rings. The Balaban J connectivity index is 2.21. The summed E-state index contributed by atoms with van der Waals surface area (Å²) in [4.78, 5) is 11.6. The number of ether oxygens (including phenoxy) is 3. The number of para-hydroxylation sites is 1. The summed E-state index contributed by atoms with van der Waals surface area (Å²) in [5.41, 5.74) is 0.758. The van der Waals surface area contributed by atoms with Crippen LogP contribution in [0.3, 0.4) is 0 Å². The molecule has 4 nitrogen and oxygen atoms in total. The lowest BCUT2D eigenvalue weighted by Gasteiger charge is -2.13. The van der Waals surface area contributed by atoms with E-state index in [0.717, 1.165) is 17.7 Å². The van der Waals surface area contributed by atoms with E-state index in [0.29, 0.717) is 18.1 Å². The summed E-state index contributed by atoms with van der Waals surface area (Å²) >= 11 is 0. The number of carbonyl (C=O) groups is 1. The normalized spacial score (nSPS) is 10.1. The molecule has 0 fully saturated rings. The number of benzene rings is 2. The molecule has 0 saturated heterocycles. The van der Waals surface area contributed by atoms with Crippen LogP contribution in [0.1, 0.15) is 18.9 Å². The molecule has 0 spiro atoms. The maximum atomic E-state index is 11.6. The summed E-state index contributed by atoms with van der Waals surface area (Å²) < 4.78 is 16.2. The summed E-state index contributed by atoms with van der Waals surface area (Å²) in [6.45, 7) is 2.64. The van der Waals surface area contributed by atoms with E-state index in [1.807, 2.05) is 55.5 Å². The third kappa shape index (κ3) is 4.52. The molecule has 116 valence electrons. The minimum absolute atomic E-state index is 0.154. The zero-order valence-electron chi connectivity index (χ0n) is 12.9. The van der Waals surface area contributed by atoms with Gasteiger partial charge in [0.15, 0.2) is 0 Å². The smallest absolute Gasteiger partial charge is 0.310 e. The molecule has 0 aliphatic carbocycles. The van der Waals surface area contributed by atoms with Gasteiger partial charge in [-0.05, 0) is 36.8 Å². The summed E-state index contributed by atoms with van der Waals surface area (Å²) in [5, 5.41) is 0. The molecule has 0 N–H and O–H groups in total. The first-order valence-corrected chi connectivity index (χ1v) is 7.28. The van der Waals surface area contributed by atoms with E-state index in [2.05, 4.69) is 0 Å². The van der Waals surface area contributed by atoms with Crippen LogP contribution in [-0.4, -0.2) is 19.7 Å². The lowest BCUT2D eigenvalue weighted by molar-refractivity contribution is -0.139. The molecule has 0 heterocycles. The Morgan fingerprint density at radius 3 is 2.50 bits per heavy atom. The van der Waals surface area contributed by atoms with Crippen molar-refractivity contribution in [3.63, 3.8) is 0 Å². The molecule has 0 unspecified atom stereocenters. The minimum Gasteiger partial charge on any atom is -0.493 e. The second-order valence-electron chi connectivity index (χ2n) is 4.79. The molecule has 0 amide bonds. The molecule has 4 heteroatoms. The van der Waals surface area contributed by atoms with Gasteiger partial charge in [0.2, 0.25) is 0 Å². The molecule has 2 aromatic carbocycles. The van der Waals surface area contributed by atoms with Crippen LogP contribution >= 0.6 is 0 Å². The molecule has 0 saturated carbocycles. The van der Waals surface area contributed by atoms with Crippen molar-refractivity contribution >= 4 is 5.97 Å². The quantitative estimate of drug-likeness (QED) is 0.725. The molecule has 22 heavy (non-hydrogen) atoms. The van der Waals surface area contributed by atoms with E-state index in [9.17, 15) is 4.79 Å². The number of carbonyl (C=O) groups excluding carboxylic acids is 1. The van der Waals surface area contributed by atoms with Crippen LogP contribution in [0, 0.1) is 0 Å². The van der Waals surface area contributed by atoms with Gasteiger partial charge in [0.05, 0.1) is 20.1 Å². The van der Waals surface area contributed by atoms with Gasteiger partial charge < -0.3 is 14.2 Å². The molecule has 0 aliphatic heterocycles. The van der Waals surface area contributed by atoms with Crippen LogP contribution in [0.5, 0.6) is 17.2 Å². The van der Waals surface area contributed by atoms with E-state index in [4.69, 9.17) is 14.2 Å². The third-order valence-electron chi connectivity index (χ3n) is 3.04. The topological polar surface area (TPSA) is 44.8 Å². The summed E-state index contributed by atoms with van der Waals surface area (Å²) in [6.07, 6.45) is 1.06. The Hall–Kier alpha value is -2.49. The van der Waals surface area contributed by atoms with Gasteiger partial charge in [-0.25, -0.2) is 0 Å². The SMILES string of the molecule is CCCOc1ccc(Oc2ccccc2)cc1CC(=O)OC. The Kier molecular flexibility index (Phi) is 5.83. The molecular weight excluding hydrogens is 280 g/mol. The van der Waals surface area contributed by atoms with Crippen molar-refractivity contribution in [1.29, 1.82) is 0 Å². The zero-order valence-corrected chi connectivity index (χ0v) is 12.9. The summed E-state index contributed by atoms with van der Waals surface area (Å²) in [7, 11) is 1.37. The fourth-order valence-corrected chi connectivity index (χ4v) is 1.96. The van der Waals surface area contributed by atoms with Crippen LogP contribution in [0.2, 0.25) is 0 Å². The Bertz CT molecular complexity index is 608. The van der Waals surface area contributed by atoms with Crippen LogP contribution < -0.4 is 9.47 Å². The van der Waals surface area contributed by atoms with Gasteiger partial charge >= 0.3 is 5.97 Å².